The van der Waals surface area contributed by atoms with E-state index in [1.54, 1.807) is 0 Å². The zero-order chi connectivity index (χ0) is 8.48. The second kappa shape index (κ2) is 3.14. The van der Waals surface area contributed by atoms with Crippen molar-refractivity contribution in [3.8, 4) is 0 Å². The highest BCUT2D eigenvalue weighted by Gasteiger charge is 2.53. The van der Waals surface area contributed by atoms with Gasteiger partial charge in [0.1, 0.15) is 0 Å². The SMILES string of the molecule is CCCC1(N(C)C)CC1CC. The van der Waals surface area contributed by atoms with Crippen LogP contribution in [0.4, 0.5) is 0 Å². The van der Waals surface area contributed by atoms with Crippen LogP contribution in [-0.4, -0.2) is 24.5 Å². The van der Waals surface area contributed by atoms with E-state index in [9.17, 15) is 0 Å². The number of hydrogen-bond acceptors (Lipinski definition) is 1. The van der Waals surface area contributed by atoms with Crippen LogP contribution in [-0.2, 0) is 0 Å². The Bertz CT molecular complexity index is 131. The molecule has 0 aliphatic heterocycles. The summed E-state index contributed by atoms with van der Waals surface area (Å²) in [5.74, 6) is 0.984. The summed E-state index contributed by atoms with van der Waals surface area (Å²) in [6, 6.07) is 0. The Morgan fingerprint density at radius 2 is 2.00 bits per heavy atom. The van der Waals surface area contributed by atoms with E-state index in [0.29, 0.717) is 5.54 Å². The van der Waals surface area contributed by atoms with Crippen molar-refractivity contribution < 1.29 is 0 Å². The van der Waals surface area contributed by atoms with Gasteiger partial charge in [0.15, 0.2) is 0 Å². The van der Waals surface area contributed by atoms with Crippen molar-refractivity contribution in [2.24, 2.45) is 5.92 Å². The Morgan fingerprint density at radius 3 is 2.27 bits per heavy atom. The molecule has 66 valence electrons. The van der Waals surface area contributed by atoms with Gasteiger partial charge < -0.3 is 4.90 Å². The molecule has 11 heavy (non-hydrogen) atoms. The van der Waals surface area contributed by atoms with Crippen LogP contribution >= 0.6 is 0 Å². The number of rotatable bonds is 4. The van der Waals surface area contributed by atoms with Gasteiger partial charge in [0.05, 0.1) is 0 Å². The zero-order valence-electron chi connectivity index (χ0n) is 8.35. The lowest BCUT2D eigenvalue weighted by Crippen LogP contribution is -2.32. The molecule has 0 aromatic carbocycles. The molecule has 1 fully saturated rings. The number of nitrogens with zero attached hydrogens (tertiary/aromatic N) is 1. The molecule has 1 saturated carbocycles. The summed E-state index contributed by atoms with van der Waals surface area (Å²) in [5.41, 5.74) is 0.601. The molecule has 1 aliphatic carbocycles. The summed E-state index contributed by atoms with van der Waals surface area (Å²) in [6.07, 6.45) is 5.51. The fourth-order valence-corrected chi connectivity index (χ4v) is 2.40. The van der Waals surface area contributed by atoms with Crippen LogP contribution in [0.25, 0.3) is 0 Å². The Balaban J connectivity index is 2.48. The Morgan fingerprint density at radius 1 is 1.36 bits per heavy atom. The molecule has 0 aromatic rings. The number of hydrogen-bond donors (Lipinski definition) is 0. The molecule has 0 heterocycles. The van der Waals surface area contributed by atoms with Crippen LogP contribution in [0.2, 0.25) is 0 Å². The van der Waals surface area contributed by atoms with E-state index in [1.807, 2.05) is 0 Å². The van der Waals surface area contributed by atoms with Gasteiger partial charge in [-0.05, 0) is 32.9 Å². The lowest BCUT2D eigenvalue weighted by molar-refractivity contribution is 0.231. The fraction of sp³-hybridized carbons (Fsp3) is 1.00. The highest BCUT2D eigenvalue weighted by atomic mass is 15.2. The lowest BCUT2D eigenvalue weighted by atomic mass is 10.1. The Hall–Kier alpha value is -0.0400. The van der Waals surface area contributed by atoms with Crippen molar-refractivity contribution in [2.75, 3.05) is 14.1 Å². The van der Waals surface area contributed by atoms with Crippen molar-refractivity contribution in [1.82, 2.24) is 4.90 Å². The summed E-state index contributed by atoms with van der Waals surface area (Å²) in [6.45, 7) is 4.60. The van der Waals surface area contributed by atoms with Gasteiger partial charge >= 0.3 is 0 Å². The van der Waals surface area contributed by atoms with E-state index in [1.165, 1.54) is 25.7 Å². The van der Waals surface area contributed by atoms with Crippen molar-refractivity contribution in [2.45, 2.75) is 45.1 Å². The van der Waals surface area contributed by atoms with Crippen LogP contribution in [0.1, 0.15) is 39.5 Å². The Labute approximate surface area is 70.8 Å². The fourth-order valence-electron chi connectivity index (χ4n) is 2.40. The first kappa shape index (κ1) is 9.05. The highest BCUT2D eigenvalue weighted by Crippen LogP contribution is 2.52. The quantitative estimate of drug-likeness (QED) is 0.603. The maximum Gasteiger partial charge on any atom is 0.0235 e. The van der Waals surface area contributed by atoms with Gasteiger partial charge in [-0.2, -0.15) is 0 Å². The average Bonchev–Trinajstić information content (AvgIpc) is 2.65. The molecular formula is C10H21N. The minimum Gasteiger partial charge on any atom is -0.303 e. The Kier molecular flexibility index (Phi) is 2.58. The first-order chi connectivity index (χ1) is 5.17. The minimum atomic E-state index is 0.601. The molecule has 1 rings (SSSR count). The van der Waals surface area contributed by atoms with Crippen molar-refractivity contribution in [3.63, 3.8) is 0 Å². The highest BCUT2D eigenvalue weighted by molar-refractivity contribution is 5.08. The van der Waals surface area contributed by atoms with Gasteiger partial charge in [-0.3, -0.25) is 0 Å². The second-order valence-electron chi connectivity index (χ2n) is 4.06. The molecule has 0 bridgehead atoms. The lowest BCUT2D eigenvalue weighted by Gasteiger charge is -2.24. The van der Waals surface area contributed by atoms with E-state index in [4.69, 9.17) is 0 Å². The molecule has 0 radical (unpaired) electrons. The van der Waals surface area contributed by atoms with Gasteiger partial charge in [-0.1, -0.05) is 26.7 Å². The van der Waals surface area contributed by atoms with E-state index < -0.39 is 0 Å². The summed E-state index contributed by atoms with van der Waals surface area (Å²) >= 11 is 0. The molecule has 0 N–H and O–H groups in total. The van der Waals surface area contributed by atoms with Gasteiger partial charge in [0.25, 0.3) is 0 Å². The van der Waals surface area contributed by atoms with Crippen molar-refractivity contribution in [1.29, 1.82) is 0 Å². The van der Waals surface area contributed by atoms with Crippen LogP contribution in [0, 0.1) is 5.92 Å². The van der Waals surface area contributed by atoms with Crippen LogP contribution in [0.3, 0.4) is 0 Å². The van der Waals surface area contributed by atoms with E-state index >= 15 is 0 Å². The molecule has 0 amide bonds. The predicted octanol–water partition coefficient (Wildman–Crippen LogP) is 2.52. The monoisotopic (exact) mass is 155 g/mol. The summed E-state index contributed by atoms with van der Waals surface area (Å²) in [4.78, 5) is 2.44. The standard InChI is InChI=1S/C10H21N/c1-5-7-10(11(3)4)8-9(10)6-2/h9H,5-8H2,1-4H3. The molecule has 2 unspecified atom stereocenters. The first-order valence-electron chi connectivity index (χ1n) is 4.84. The summed E-state index contributed by atoms with van der Waals surface area (Å²) in [7, 11) is 4.46. The topological polar surface area (TPSA) is 3.24 Å². The molecule has 0 saturated heterocycles. The van der Waals surface area contributed by atoms with E-state index in [2.05, 4.69) is 32.8 Å². The molecular weight excluding hydrogens is 134 g/mol. The summed E-state index contributed by atoms with van der Waals surface area (Å²) < 4.78 is 0. The van der Waals surface area contributed by atoms with Gasteiger partial charge in [0.2, 0.25) is 0 Å². The molecule has 2 atom stereocenters. The molecule has 1 aliphatic rings. The van der Waals surface area contributed by atoms with Crippen LogP contribution in [0.15, 0.2) is 0 Å². The zero-order valence-corrected chi connectivity index (χ0v) is 8.35. The minimum absolute atomic E-state index is 0.601. The normalized spacial score (nSPS) is 36.3. The first-order valence-corrected chi connectivity index (χ1v) is 4.84. The van der Waals surface area contributed by atoms with Crippen molar-refractivity contribution >= 4 is 0 Å². The maximum absolute atomic E-state index is 2.44. The third-order valence-electron chi connectivity index (χ3n) is 3.27. The smallest absolute Gasteiger partial charge is 0.0235 e. The van der Waals surface area contributed by atoms with Gasteiger partial charge in [-0.15, -0.1) is 0 Å². The van der Waals surface area contributed by atoms with E-state index in [-0.39, 0.29) is 0 Å². The molecule has 0 spiro atoms. The summed E-state index contributed by atoms with van der Waals surface area (Å²) in [5, 5.41) is 0. The largest absolute Gasteiger partial charge is 0.303 e. The second-order valence-corrected chi connectivity index (χ2v) is 4.06. The third kappa shape index (κ3) is 1.44. The van der Waals surface area contributed by atoms with Crippen LogP contribution < -0.4 is 0 Å². The van der Waals surface area contributed by atoms with E-state index in [0.717, 1.165) is 5.92 Å². The molecule has 0 aromatic heterocycles. The predicted molar refractivity (Wildman–Crippen MR) is 49.7 cm³/mol. The molecule has 1 heteroatoms. The maximum atomic E-state index is 2.44. The average molecular weight is 155 g/mol. The molecule has 1 nitrogen and oxygen atoms in total. The van der Waals surface area contributed by atoms with Gasteiger partial charge in [0, 0.05) is 5.54 Å². The van der Waals surface area contributed by atoms with Crippen molar-refractivity contribution in [3.05, 3.63) is 0 Å². The van der Waals surface area contributed by atoms with Crippen LogP contribution in [0.5, 0.6) is 0 Å². The third-order valence-corrected chi connectivity index (χ3v) is 3.27. The van der Waals surface area contributed by atoms with Gasteiger partial charge in [-0.25, -0.2) is 0 Å².